The van der Waals surface area contributed by atoms with E-state index in [4.69, 9.17) is 0 Å². The second-order valence-electron chi connectivity index (χ2n) is 7.69. The topological polar surface area (TPSA) is 43.9 Å². The number of amides is 2. The molecule has 0 bridgehead atoms. The van der Waals surface area contributed by atoms with Crippen LogP contribution in [0.25, 0.3) is 5.57 Å². The molecule has 5 heteroatoms. The van der Waals surface area contributed by atoms with Gasteiger partial charge < -0.3 is 9.80 Å². The number of likely N-dealkylation sites (N-methyl/N-ethyl adjacent to an activating group) is 1. The van der Waals surface area contributed by atoms with Gasteiger partial charge in [0.1, 0.15) is 5.70 Å². The summed E-state index contributed by atoms with van der Waals surface area (Å²) in [5.41, 5.74) is 4.00. The molecule has 0 spiro atoms. The highest BCUT2D eigenvalue weighted by Gasteiger charge is 2.42. The van der Waals surface area contributed by atoms with Crippen LogP contribution in [0.1, 0.15) is 23.6 Å². The monoisotopic (exact) mass is 389 g/mol. The van der Waals surface area contributed by atoms with Crippen molar-refractivity contribution in [2.24, 2.45) is 0 Å². The molecule has 0 aromatic heterocycles. The second-order valence-corrected chi connectivity index (χ2v) is 7.69. The molecule has 2 amide bonds. The fourth-order valence-corrected chi connectivity index (χ4v) is 4.03. The van der Waals surface area contributed by atoms with Crippen LogP contribution in [0.15, 0.2) is 60.3 Å². The Morgan fingerprint density at radius 3 is 2.10 bits per heavy atom. The zero-order valence-electron chi connectivity index (χ0n) is 17.1. The lowest BCUT2D eigenvalue weighted by atomic mass is 10.0. The van der Waals surface area contributed by atoms with Gasteiger partial charge in [0.2, 0.25) is 0 Å². The Balaban J connectivity index is 1.70. The molecule has 0 atom stereocenters. The van der Waals surface area contributed by atoms with E-state index in [1.807, 2.05) is 61.5 Å². The standard InChI is InChI=1S/C24H27N3O2/c1-3-25-13-15-26(16-14-25)22-21(20-11-9-18(2)10-12-20)23(28)27(24(22)29)17-19-7-5-4-6-8-19/h4-12H,3,13-17H2,1-2H3. The van der Waals surface area contributed by atoms with Gasteiger partial charge in [-0.05, 0) is 24.6 Å². The summed E-state index contributed by atoms with van der Waals surface area (Å²) < 4.78 is 0. The van der Waals surface area contributed by atoms with E-state index >= 15 is 0 Å². The molecule has 2 aliphatic rings. The van der Waals surface area contributed by atoms with E-state index in [-0.39, 0.29) is 11.8 Å². The average Bonchev–Trinajstić information content (AvgIpc) is 3.00. The smallest absolute Gasteiger partial charge is 0.278 e. The largest absolute Gasteiger partial charge is 0.364 e. The van der Waals surface area contributed by atoms with Crippen molar-refractivity contribution in [3.63, 3.8) is 0 Å². The van der Waals surface area contributed by atoms with E-state index in [0.29, 0.717) is 17.8 Å². The Morgan fingerprint density at radius 2 is 1.48 bits per heavy atom. The minimum Gasteiger partial charge on any atom is -0.364 e. The van der Waals surface area contributed by atoms with Crippen LogP contribution in [-0.2, 0) is 16.1 Å². The number of hydrogen-bond acceptors (Lipinski definition) is 4. The Morgan fingerprint density at radius 1 is 0.828 bits per heavy atom. The summed E-state index contributed by atoms with van der Waals surface area (Å²) in [6.45, 7) is 8.80. The Hall–Kier alpha value is -2.92. The summed E-state index contributed by atoms with van der Waals surface area (Å²) in [5.74, 6) is -0.380. The maximum atomic E-state index is 13.4. The zero-order chi connectivity index (χ0) is 20.4. The van der Waals surface area contributed by atoms with Crippen molar-refractivity contribution in [2.45, 2.75) is 20.4 Å². The van der Waals surface area contributed by atoms with Crippen LogP contribution in [0.2, 0.25) is 0 Å². The minimum atomic E-state index is -0.198. The van der Waals surface area contributed by atoms with E-state index in [1.165, 1.54) is 4.90 Å². The van der Waals surface area contributed by atoms with Gasteiger partial charge in [0.05, 0.1) is 12.1 Å². The molecule has 1 fully saturated rings. The fraction of sp³-hybridized carbons (Fsp3) is 0.333. The van der Waals surface area contributed by atoms with Gasteiger partial charge in [-0.25, -0.2) is 0 Å². The molecule has 2 heterocycles. The van der Waals surface area contributed by atoms with E-state index in [0.717, 1.165) is 49.4 Å². The van der Waals surface area contributed by atoms with Gasteiger partial charge in [0, 0.05) is 26.2 Å². The van der Waals surface area contributed by atoms with E-state index < -0.39 is 0 Å². The molecular weight excluding hydrogens is 362 g/mol. The van der Waals surface area contributed by atoms with Crippen molar-refractivity contribution >= 4 is 17.4 Å². The van der Waals surface area contributed by atoms with Crippen LogP contribution in [0.4, 0.5) is 0 Å². The maximum Gasteiger partial charge on any atom is 0.278 e. The van der Waals surface area contributed by atoms with Crippen LogP contribution in [0.3, 0.4) is 0 Å². The normalized spacial score (nSPS) is 18.1. The minimum absolute atomic E-state index is 0.181. The van der Waals surface area contributed by atoms with Crippen molar-refractivity contribution < 1.29 is 9.59 Å². The highest BCUT2D eigenvalue weighted by molar-refractivity contribution is 6.35. The molecule has 2 aromatic rings. The number of piperazine rings is 1. The van der Waals surface area contributed by atoms with Gasteiger partial charge in [0.15, 0.2) is 0 Å². The number of aryl methyl sites for hydroxylation is 1. The molecule has 4 rings (SSSR count). The maximum absolute atomic E-state index is 13.4. The Labute approximate surface area is 172 Å². The quantitative estimate of drug-likeness (QED) is 0.738. The Kier molecular flexibility index (Phi) is 5.49. The third-order valence-corrected chi connectivity index (χ3v) is 5.80. The summed E-state index contributed by atoms with van der Waals surface area (Å²) in [6.07, 6.45) is 0. The van der Waals surface area contributed by atoms with Crippen LogP contribution >= 0.6 is 0 Å². The molecule has 5 nitrogen and oxygen atoms in total. The third kappa shape index (κ3) is 3.83. The second kappa shape index (κ2) is 8.21. The third-order valence-electron chi connectivity index (χ3n) is 5.80. The lowest BCUT2D eigenvalue weighted by Gasteiger charge is -2.36. The van der Waals surface area contributed by atoms with Crippen molar-refractivity contribution in [3.05, 3.63) is 77.0 Å². The zero-order valence-corrected chi connectivity index (χ0v) is 17.1. The average molecular weight is 389 g/mol. The predicted molar refractivity (Wildman–Crippen MR) is 114 cm³/mol. The molecule has 0 radical (unpaired) electrons. The highest BCUT2D eigenvalue weighted by atomic mass is 16.2. The number of nitrogens with zero attached hydrogens (tertiary/aromatic N) is 3. The number of carbonyl (C=O) groups is 2. The van der Waals surface area contributed by atoms with E-state index in [1.54, 1.807) is 0 Å². The van der Waals surface area contributed by atoms with Crippen molar-refractivity contribution in [1.29, 1.82) is 0 Å². The molecular formula is C24H27N3O2. The molecule has 0 unspecified atom stereocenters. The number of carbonyl (C=O) groups excluding carboxylic acids is 2. The van der Waals surface area contributed by atoms with Gasteiger partial charge in [0.25, 0.3) is 11.8 Å². The SMILES string of the molecule is CCN1CCN(C2=C(c3ccc(C)cc3)C(=O)N(Cc3ccccc3)C2=O)CC1. The van der Waals surface area contributed by atoms with Crippen LogP contribution in [-0.4, -0.2) is 59.2 Å². The van der Waals surface area contributed by atoms with Gasteiger partial charge in [-0.1, -0.05) is 67.1 Å². The molecule has 1 saturated heterocycles. The lowest BCUT2D eigenvalue weighted by Crippen LogP contribution is -2.47. The first-order chi connectivity index (χ1) is 14.1. The van der Waals surface area contributed by atoms with Gasteiger partial charge >= 0.3 is 0 Å². The number of benzene rings is 2. The molecule has 0 N–H and O–H groups in total. The molecule has 2 aromatic carbocycles. The molecule has 29 heavy (non-hydrogen) atoms. The van der Waals surface area contributed by atoms with Gasteiger partial charge in [-0.2, -0.15) is 0 Å². The van der Waals surface area contributed by atoms with Gasteiger partial charge in [-0.3, -0.25) is 14.5 Å². The van der Waals surface area contributed by atoms with Crippen molar-refractivity contribution in [3.8, 4) is 0 Å². The highest BCUT2D eigenvalue weighted by Crippen LogP contribution is 2.33. The molecule has 2 aliphatic heterocycles. The van der Waals surface area contributed by atoms with E-state index in [9.17, 15) is 9.59 Å². The summed E-state index contributed by atoms with van der Waals surface area (Å²) >= 11 is 0. The summed E-state index contributed by atoms with van der Waals surface area (Å²) in [5, 5.41) is 0. The number of imide groups is 1. The van der Waals surface area contributed by atoms with Gasteiger partial charge in [-0.15, -0.1) is 0 Å². The van der Waals surface area contributed by atoms with Crippen LogP contribution in [0, 0.1) is 6.92 Å². The summed E-state index contributed by atoms with van der Waals surface area (Å²) in [4.78, 5) is 32.7. The first-order valence-corrected chi connectivity index (χ1v) is 10.3. The predicted octanol–water partition coefficient (Wildman–Crippen LogP) is 2.91. The fourth-order valence-electron chi connectivity index (χ4n) is 4.03. The molecule has 0 saturated carbocycles. The van der Waals surface area contributed by atoms with Crippen molar-refractivity contribution in [1.82, 2.24) is 14.7 Å². The number of rotatable bonds is 5. The van der Waals surface area contributed by atoms with Crippen LogP contribution < -0.4 is 0 Å². The van der Waals surface area contributed by atoms with E-state index in [2.05, 4.69) is 16.7 Å². The molecule has 150 valence electrons. The lowest BCUT2D eigenvalue weighted by molar-refractivity contribution is -0.138. The summed E-state index contributed by atoms with van der Waals surface area (Å²) in [6, 6.07) is 17.6. The summed E-state index contributed by atoms with van der Waals surface area (Å²) in [7, 11) is 0. The molecule has 0 aliphatic carbocycles. The first kappa shape index (κ1) is 19.4. The Bertz CT molecular complexity index is 926. The first-order valence-electron chi connectivity index (χ1n) is 10.3. The van der Waals surface area contributed by atoms with Crippen molar-refractivity contribution in [2.75, 3.05) is 32.7 Å². The van der Waals surface area contributed by atoms with Crippen LogP contribution in [0.5, 0.6) is 0 Å². The number of hydrogen-bond donors (Lipinski definition) is 0.